The van der Waals surface area contributed by atoms with Crippen LogP contribution in [0.25, 0.3) is 0 Å². The van der Waals surface area contributed by atoms with E-state index in [0.29, 0.717) is 18.3 Å². The number of aliphatic imine (C=N–C) groups is 1. The van der Waals surface area contributed by atoms with E-state index in [-0.39, 0.29) is 31.3 Å². The average molecular weight is 594 g/mol. The van der Waals surface area contributed by atoms with Crippen LogP contribution < -0.4 is 32.3 Å². The summed E-state index contributed by atoms with van der Waals surface area (Å²) < 4.78 is 0. The number of rotatable bonds is 14. The number of nitrogens with two attached hydrogens (primary N) is 1. The lowest BCUT2D eigenvalue weighted by Crippen LogP contribution is -2.65. The number of nitrogens with one attached hydrogen (secondary N) is 5. The highest BCUT2D eigenvalue weighted by atomic mass is 16.4. The molecule has 1 heterocycles. The van der Waals surface area contributed by atoms with E-state index >= 15 is 0 Å². The van der Waals surface area contributed by atoms with Crippen molar-refractivity contribution in [2.24, 2.45) is 16.6 Å². The number of carboxylic acids is 1. The zero-order valence-corrected chi connectivity index (χ0v) is 24.2. The number of carboxylic acid groups (broad SMARTS) is 1. The van der Waals surface area contributed by atoms with E-state index in [2.05, 4.69) is 31.6 Å². The summed E-state index contributed by atoms with van der Waals surface area (Å²) in [7, 11) is 0. The van der Waals surface area contributed by atoms with Crippen LogP contribution in [0.1, 0.15) is 31.4 Å². The lowest BCUT2D eigenvalue weighted by molar-refractivity contribution is -0.139. The quantitative estimate of drug-likeness (QED) is 0.149. The summed E-state index contributed by atoms with van der Waals surface area (Å²) in [4.78, 5) is 67.6. The molecule has 230 valence electrons. The van der Waals surface area contributed by atoms with Crippen molar-refractivity contribution in [1.82, 2.24) is 26.6 Å². The standard InChI is InChI=1S/C30H39N7O6/c1-18(2)24(26(39)33-21(17-38)15-19-9-5-3-6-10-19)36-27(40)25(22-13-14-32-29(31)34-22)37-30(43)35-23(28(41)42)16-20-11-7-4-8-12-20/h3-12,17-18,21-25H,13-16H2,1-2H3,(H,33,39)(H,36,40)(H,41,42)(H3,31,32,34)(H2,35,37,43)/t21?,22-,23-,24-,25?/m0/s1. The third kappa shape index (κ3) is 10.1. The van der Waals surface area contributed by atoms with Gasteiger partial charge in [0.15, 0.2) is 5.96 Å². The van der Waals surface area contributed by atoms with Crippen molar-refractivity contribution in [3.63, 3.8) is 0 Å². The summed E-state index contributed by atoms with van der Waals surface area (Å²) >= 11 is 0. The summed E-state index contributed by atoms with van der Waals surface area (Å²) in [6.45, 7) is 3.76. The van der Waals surface area contributed by atoms with Crippen molar-refractivity contribution in [2.75, 3.05) is 6.54 Å². The van der Waals surface area contributed by atoms with Crippen LogP contribution in [0.2, 0.25) is 0 Å². The van der Waals surface area contributed by atoms with E-state index < -0.39 is 54.0 Å². The number of carbonyl (C=O) groups excluding carboxylic acids is 4. The first-order valence-electron chi connectivity index (χ1n) is 14.1. The first kappa shape index (κ1) is 32.6. The molecule has 0 aliphatic carbocycles. The largest absolute Gasteiger partial charge is 0.480 e. The number of benzene rings is 2. The van der Waals surface area contributed by atoms with Gasteiger partial charge in [0.05, 0.1) is 12.1 Å². The minimum absolute atomic E-state index is 0.0260. The van der Waals surface area contributed by atoms with Crippen molar-refractivity contribution >= 4 is 36.1 Å². The minimum Gasteiger partial charge on any atom is -0.480 e. The fraction of sp³-hybridized carbons (Fsp3) is 0.400. The Balaban J connectivity index is 1.73. The molecule has 8 N–H and O–H groups in total. The number of hydrogen-bond donors (Lipinski definition) is 7. The minimum atomic E-state index is -1.27. The van der Waals surface area contributed by atoms with E-state index in [0.717, 1.165) is 5.56 Å². The Hall–Kier alpha value is -4.94. The maximum Gasteiger partial charge on any atom is 0.326 e. The molecule has 1 aliphatic heterocycles. The van der Waals surface area contributed by atoms with Crippen LogP contribution in [0.15, 0.2) is 65.7 Å². The van der Waals surface area contributed by atoms with E-state index in [1.54, 1.807) is 44.2 Å². The summed E-state index contributed by atoms with van der Waals surface area (Å²) in [5.41, 5.74) is 7.39. The Morgan fingerprint density at radius 2 is 1.53 bits per heavy atom. The van der Waals surface area contributed by atoms with Gasteiger partial charge in [0.25, 0.3) is 0 Å². The molecule has 0 bridgehead atoms. The molecule has 4 amide bonds. The Labute approximate surface area is 250 Å². The van der Waals surface area contributed by atoms with Gasteiger partial charge in [-0.05, 0) is 29.9 Å². The van der Waals surface area contributed by atoms with Crippen LogP contribution in [0.4, 0.5) is 4.79 Å². The van der Waals surface area contributed by atoms with Crippen LogP contribution in [0.5, 0.6) is 0 Å². The third-order valence-corrected chi connectivity index (χ3v) is 6.95. The van der Waals surface area contributed by atoms with Gasteiger partial charge in [-0.3, -0.25) is 14.6 Å². The summed E-state index contributed by atoms with van der Waals surface area (Å²) in [5.74, 6) is -2.81. The predicted molar refractivity (Wildman–Crippen MR) is 160 cm³/mol. The molecule has 0 aromatic heterocycles. The second kappa shape index (κ2) is 15.9. The Morgan fingerprint density at radius 1 is 0.930 bits per heavy atom. The van der Waals surface area contributed by atoms with Gasteiger partial charge in [-0.2, -0.15) is 0 Å². The zero-order chi connectivity index (χ0) is 31.4. The number of urea groups is 1. The number of nitrogens with zero attached hydrogens (tertiary/aromatic N) is 1. The number of hydrogen-bond acceptors (Lipinski definition) is 8. The summed E-state index contributed by atoms with van der Waals surface area (Å²) in [6.07, 6.45) is 1.27. The number of aliphatic carboxylic acids is 1. The van der Waals surface area contributed by atoms with Crippen molar-refractivity contribution in [3.05, 3.63) is 71.8 Å². The molecule has 2 unspecified atom stereocenters. The third-order valence-electron chi connectivity index (χ3n) is 6.95. The summed E-state index contributed by atoms with van der Waals surface area (Å²) in [5, 5.41) is 22.9. The van der Waals surface area contributed by atoms with Gasteiger partial charge in [0, 0.05) is 13.0 Å². The molecule has 13 nitrogen and oxygen atoms in total. The fourth-order valence-electron chi connectivity index (χ4n) is 4.67. The van der Waals surface area contributed by atoms with E-state index in [9.17, 15) is 29.1 Å². The molecule has 5 atom stereocenters. The van der Waals surface area contributed by atoms with E-state index in [1.807, 2.05) is 30.3 Å². The predicted octanol–water partition coefficient (Wildman–Crippen LogP) is 0.0939. The average Bonchev–Trinajstić information content (AvgIpc) is 2.98. The van der Waals surface area contributed by atoms with Crippen molar-refractivity contribution < 1.29 is 29.1 Å². The number of aldehydes is 1. The smallest absolute Gasteiger partial charge is 0.326 e. The lowest BCUT2D eigenvalue weighted by Gasteiger charge is -2.32. The first-order chi connectivity index (χ1) is 20.6. The van der Waals surface area contributed by atoms with Crippen LogP contribution in [0, 0.1) is 5.92 Å². The van der Waals surface area contributed by atoms with E-state index in [1.165, 1.54) is 0 Å². The maximum atomic E-state index is 13.6. The highest BCUT2D eigenvalue weighted by Gasteiger charge is 2.36. The summed E-state index contributed by atoms with van der Waals surface area (Å²) in [6, 6.07) is 12.0. The van der Waals surface area contributed by atoms with Gasteiger partial charge in [0.1, 0.15) is 24.4 Å². The lowest BCUT2D eigenvalue weighted by atomic mass is 9.99. The highest BCUT2D eigenvalue weighted by molar-refractivity contribution is 5.94. The molecule has 0 spiro atoms. The molecule has 0 radical (unpaired) electrons. The molecule has 2 aromatic carbocycles. The van der Waals surface area contributed by atoms with Gasteiger partial charge in [0.2, 0.25) is 11.8 Å². The van der Waals surface area contributed by atoms with Gasteiger partial charge >= 0.3 is 12.0 Å². The Morgan fingerprint density at radius 3 is 2.07 bits per heavy atom. The molecule has 0 saturated carbocycles. The molecule has 2 aromatic rings. The van der Waals surface area contributed by atoms with Crippen LogP contribution in [0.3, 0.4) is 0 Å². The molecule has 13 heteroatoms. The van der Waals surface area contributed by atoms with E-state index in [4.69, 9.17) is 5.73 Å². The van der Waals surface area contributed by atoms with Crippen molar-refractivity contribution in [3.8, 4) is 0 Å². The Bertz CT molecular complexity index is 1290. The SMILES string of the molecule is CC(C)[C@H](NC(=O)C(NC(=O)N[C@@H](Cc1ccccc1)C(=O)O)[C@@H]1CCN=C(N)N1)C(=O)NC(C=O)Cc1ccccc1. The monoisotopic (exact) mass is 593 g/mol. The normalized spacial score (nSPS) is 17.2. The topological polar surface area (TPSA) is 204 Å². The van der Waals surface area contributed by atoms with Crippen molar-refractivity contribution in [2.45, 2.75) is 63.3 Å². The molecule has 0 saturated heterocycles. The van der Waals surface area contributed by atoms with Gasteiger partial charge < -0.3 is 42.2 Å². The Kier molecular flexibility index (Phi) is 12.0. The molecular formula is C30H39N7O6. The number of amides is 4. The second-order valence-electron chi connectivity index (χ2n) is 10.7. The van der Waals surface area contributed by atoms with Crippen LogP contribution in [-0.4, -0.2) is 77.9 Å². The van der Waals surface area contributed by atoms with Crippen LogP contribution >= 0.6 is 0 Å². The molecule has 3 rings (SSSR count). The number of guanidine groups is 1. The maximum absolute atomic E-state index is 13.6. The van der Waals surface area contributed by atoms with Crippen LogP contribution in [-0.2, 0) is 32.0 Å². The number of carbonyl (C=O) groups is 5. The molecule has 1 aliphatic rings. The zero-order valence-electron chi connectivity index (χ0n) is 24.2. The van der Waals surface area contributed by atoms with Gasteiger partial charge in [-0.15, -0.1) is 0 Å². The molecule has 43 heavy (non-hydrogen) atoms. The van der Waals surface area contributed by atoms with Gasteiger partial charge in [-0.25, -0.2) is 9.59 Å². The first-order valence-corrected chi connectivity index (χ1v) is 14.1. The fourth-order valence-corrected chi connectivity index (χ4v) is 4.67. The molecular weight excluding hydrogens is 554 g/mol. The molecule has 0 fully saturated rings. The highest BCUT2D eigenvalue weighted by Crippen LogP contribution is 2.10. The second-order valence-corrected chi connectivity index (χ2v) is 10.7. The van der Waals surface area contributed by atoms with Gasteiger partial charge in [-0.1, -0.05) is 74.5 Å². The van der Waals surface area contributed by atoms with Crippen molar-refractivity contribution in [1.29, 1.82) is 0 Å².